The number of benzene rings is 3. The minimum Gasteiger partial charge on any atom is -0.410 e. The minimum absolute atomic E-state index is 0.596. The fourth-order valence-electron chi connectivity index (χ4n) is 3.70. The minimum atomic E-state index is 0.596. The summed E-state index contributed by atoms with van der Waals surface area (Å²) in [5, 5.41) is 13.3. The number of hydrogen-bond donors (Lipinski definition) is 2. The smallest absolute Gasteiger partial charge is 0.139 e. The van der Waals surface area contributed by atoms with E-state index in [2.05, 4.69) is 35.3 Å². The van der Waals surface area contributed by atoms with Crippen molar-refractivity contribution in [2.45, 2.75) is 6.92 Å². The third-order valence-corrected chi connectivity index (χ3v) is 4.84. The molecule has 0 unspecified atom stereocenters. The van der Waals surface area contributed by atoms with Crippen molar-refractivity contribution >= 4 is 16.7 Å². The molecule has 2 N–H and O–H groups in total. The summed E-state index contributed by atoms with van der Waals surface area (Å²) in [4.78, 5) is 8.21. The molecule has 0 bridgehead atoms. The van der Waals surface area contributed by atoms with Gasteiger partial charge in [-0.05, 0) is 29.7 Å². The molecule has 1 heterocycles. The fourth-order valence-corrected chi connectivity index (χ4v) is 3.70. The molecule has 0 atom stereocenters. The van der Waals surface area contributed by atoms with Gasteiger partial charge in [-0.15, -0.1) is 0 Å². The van der Waals surface area contributed by atoms with Crippen molar-refractivity contribution < 1.29 is 5.21 Å². The lowest BCUT2D eigenvalue weighted by Crippen LogP contribution is -2.01. The Labute approximate surface area is 144 Å². The summed E-state index contributed by atoms with van der Waals surface area (Å²) in [7, 11) is 0. The number of nitrogens with one attached hydrogen (secondary N) is 1. The SMILES string of the molecule is Cc1cccc2[nH]c(-c3cccc4c3C(=NO)c3ccccc3-4)nc12. The number of para-hydroxylation sites is 1. The number of aromatic amines is 1. The molecule has 1 aromatic heterocycles. The molecular weight excluding hydrogens is 310 g/mol. The van der Waals surface area contributed by atoms with Gasteiger partial charge in [0.25, 0.3) is 0 Å². The summed E-state index contributed by atoms with van der Waals surface area (Å²) in [6.45, 7) is 2.05. The summed E-state index contributed by atoms with van der Waals surface area (Å²) in [5.74, 6) is 0.787. The summed E-state index contributed by atoms with van der Waals surface area (Å²) >= 11 is 0. The van der Waals surface area contributed by atoms with Crippen LogP contribution in [0, 0.1) is 6.92 Å². The van der Waals surface area contributed by atoms with Crippen LogP contribution in [0.25, 0.3) is 33.5 Å². The second-order valence-corrected chi connectivity index (χ2v) is 6.28. The number of hydrogen-bond acceptors (Lipinski definition) is 3. The number of H-pyrrole nitrogens is 1. The first-order chi connectivity index (χ1) is 12.3. The number of aryl methyl sites for hydroxylation is 1. The Morgan fingerprint density at radius 2 is 1.56 bits per heavy atom. The molecule has 4 nitrogen and oxygen atoms in total. The Morgan fingerprint density at radius 1 is 0.840 bits per heavy atom. The van der Waals surface area contributed by atoms with Crippen molar-refractivity contribution in [1.29, 1.82) is 0 Å². The first-order valence-corrected chi connectivity index (χ1v) is 8.19. The van der Waals surface area contributed by atoms with Crippen LogP contribution in [0.3, 0.4) is 0 Å². The first kappa shape index (κ1) is 14.0. The van der Waals surface area contributed by atoms with Gasteiger partial charge in [-0.1, -0.05) is 59.8 Å². The van der Waals surface area contributed by atoms with Gasteiger partial charge in [0.15, 0.2) is 0 Å². The van der Waals surface area contributed by atoms with Gasteiger partial charge in [0.2, 0.25) is 0 Å². The predicted molar refractivity (Wildman–Crippen MR) is 99.1 cm³/mol. The van der Waals surface area contributed by atoms with E-state index in [0.29, 0.717) is 5.71 Å². The molecule has 25 heavy (non-hydrogen) atoms. The molecule has 1 aliphatic carbocycles. The zero-order chi connectivity index (χ0) is 17.0. The van der Waals surface area contributed by atoms with E-state index >= 15 is 0 Å². The van der Waals surface area contributed by atoms with Crippen LogP contribution in [0.4, 0.5) is 0 Å². The van der Waals surface area contributed by atoms with Crippen LogP contribution in [0.2, 0.25) is 0 Å². The maximum atomic E-state index is 9.67. The standard InChI is InChI=1S/C21H15N3O/c1-12-6-4-11-17-19(12)23-21(22-17)16-10-5-9-14-13-7-2-3-8-15(13)20(24-25)18(14)16/h2-11,25H,1H3,(H,22,23). The van der Waals surface area contributed by atoms with E-state index in [0.717, 1.165) is 50.2 Å². The lowest BCUT2D eigenvalue weighted by atomic mass is 10.00. The molecule has 4 heteroatoms. The highest BCUT2D eigenvalue weighted by Crippen LogP contribution is 2.41. The molecule has 0 saturated heterocycles. The number of imidazole rings is 1. The van der Waals surface area contributed by atoms with Crippen LogP contribution < -0.4 is 0 Å². The fraction of sp³-hybridized carbons (Fsp3) is 0.0476. The summed E-state index contributed by atoms with van der Waals surface area (Å²) < 4.78 is 0. The lowest BCUT2D eigenvalue weighted by Gasteiger charge is -2.06. The molecule has 0 spiro atoms. The molecule has 0 aliphatic heterocycles. The Bertz CT molecular complexity index is 1170. The number of oxime groups is 1. The second kappa shape index (κ2) is 5.05. The molecule has 0 radical (unpaired) electrons. The number of nitrogens with zero attached hydrogens (tertiary/aromatic N) is 2. The van der Waals surface area contributed by atoms with Crippen LogP contribution in [0.15, 0.2) is 65.8 Å². The van der Waals surface area contributed by atoms with Gasteiger partial charge < -0.3 is 10.2 Å². The van der Waals surface area contributed by atoms with Crippen molar-refractivity contribution in [3.63, 3.8) is 0 Å². The summed E-state index contributed by atoms with van der Waals surface area (Å²) in [5.41, 5.74) is 8.65. The van der Waals surface area contributed by atoms with Crippen LogP contribution >= 0.6 is 0 Å². The van der Waals surface area contributed by atoms with Crippen molar-refractivity contribution in [3.05, 3.63) is 77.4 Å². The molecule has 0 fully saturated rings. The maximum Gasteiger partial charge on any atom is 0.139 e. The van der Waals surface area contributed by atoms with Crippen LogP contribution in [-0.2, 0) is 0 Å². The van der Waals surface area contributed by atoms with Crippen molar-refractivity contribution in [1.82, 2.24) is 9.97 Å². The average Bonchev–Trinajstić information content (AvgIpc) is 3.21. The predicted octanol–water partition coefficient (Wildman–Crippen LogP) is 4.75. The maximum absolute atomic E-state index is 9.67. The molecule has 4 aromatic rings. The van der Waals surface area contributed by atoms with Gasteiger partial charge in [0, 0.05) is 16.7 Å². The van der Waals surface area contributed by atoms with Crippen LogP contribution in [0.5, 0.6) is 0 Å². The van der Waals surface area contributed by atoms with E-state index in [-0.39, 0.29) is 0 Å². The van der Waals surface area contributed by atoms with Crippen LogP contribution in [-0.4, -0.2) is 20.9 Å². The number of fused-ring (bicyclic) bond motifs is 4. The van der Waals surface area contributed by atoms with E-state index in [9.17, 15) is 5.21 Å². The van der Waals surface area contributed by atoms with E-state index in [1.165, 1.54) is 0 Å². The molecule has 120 valence electrons. The average molecular weight is 325 g/mol. The summed E-state index contributed by atoms with van der Waals surface area (Å²) in [6.07, 6.45) is 0. The van der Waals surface area contributed by atoms with E-state index in [1.807, 2.05) is 42.5 Å². The van der Waals surface area contributed by atoms with Crippen molar-refractivity contribution in [2.24, 2.45) is 5.16 Å². The topological polar surface area (TPSA) is 61.3 Å². The highest BCUT2D eigenvalue weighted by molar-refractivity contribution is 6.27. The lowest BCUT2D eigenvalue weighted by molar-refractivity contribution is 0.320. The highest BCUT2D eigenvalue weighted by Gasteiger charge is 2.28. The van der Waals surface area contributed by atoms with Crippen molar-refractivity contribution in [3.8, 4) is 22.5 Å². The molecule has 0 amide bonds. The van der Waals surface area contributed by atoms with Gasteiger partial charge >= 0.3 is 0 Å². The zero-order valence-corrected chi connectivity index (χ0v) is 13.6. The van der Waals surface area contributed by atoms with Crippen molar-refractivity contribution in [2.75, 3.05) is 0 Å². The molecule has 1 aliphatic rings. The second-order valence-electron chi connectivity index (χ2n) is 6.28. The quantitative estimate of drug-likeness (QED) is 0.345. The van der Waals surface area contributed by atoms with E-state index in [1.54, 1.807) is 0 Å². The highest BCUT2D eigenvalue weighted by atomic mass is 16.4. The number of rotatable bonds is 1. The number of aromatic nitrogens is 2. The van der Waals surface area contributed by atoms with Gasteiger partial charge in [-0.2, -0.15) is 0 Å². The molecule has 3 aromatic carbocycles. The van der Waals surface area contributed by atoms with E-state index in [4.69, 9.17) is 4.98 Å². The normalized spacial score (nSPS) is 14.0. The van der Waals surface area contributed by atoms with Gasteiger partial charge in [-0.3, -0.25) is 0 Å². The Kier molecular flexibility index (Phi) is 2.82. The van der Waals surface area contributed by atoms with Gasteiger partial charge in [0.05, 0.1) is 11.0 Å². The Balaban J connectivity index is 1.81. The van der Waals surface area contributed by atoms with Gasteiger partial charge in [0.1, 0.15) is 11.5 Å². The largest absolute Gasteiger partial charge is 0.410 e. The Hall–Kier alpha value is -3.40. The first-order valence-electron chi connectivity index (χ1n) is 8.19. The third kappa shape index (κ3) is 1.88. The molecular formula is C21H15N3O. The summed E-state index contributed by atoms with van der Waals surface area (Å²) in [6, 6.07) is 20.2. The van der Waals surface area contributed by atoms with Gasteiger partial charge in [-0.25, -0.2) is 4.98 Å². The molecule has 5 rings (SSSR count). The Morgan fingerprint density at radius 3 is 2.36 bits per heavy atom. The van der Waals surface area contributed by atoms with E-state index < -0.39 is 0 Å². The monoisotopic (exact) mass is 325 g/mol. The molecule has 0 saturated carbocycles. The zero-order valence-electron chi connectivity index (χ0n) is 13.6. The third-order valence-electron chi connectivity index (χ3n) is 4.84. The van der Waals surface area contributed by atoms with Crippen LogP contribution in [0.1, 0.15) is 16.7 Å².